The van der Waals surface area contributed by atoms with E-state index in [0.29, 0.717) is 12.5 Å². The van der Waals surface area contributed by atoms with Crippen LogP contribution in [0.15, 0.2) is 0 Å². The van der Waals surface area contributed by atoms with E-state index in [1.54, 1.807) is 0 Å². The van der Waals surface area contributed by atoms with E-state index in [1.807, 2.05) is 13.8 Å². The van der Waals surface area contributed by atoms with E-state index in [-0.39, 0.29) is 23.8 Å². The molecule has 0 aromatic rings. The Hall–Kier alpha value is 0.160. The largest absolute Gasteiger partial charge is 0.378 e. The lowest BCUT2D eigenvalue weighted by molar-refractivity contribution is 0.0911. The Labute approximate surface area is 109 Å². The predicted octanol–water partition coefficient (Wildman–Crippen LogP) is 1.74. The lowest BCUT2D eigenvalue weighted by Crippen LogP contribution is -2.32. The quantitative estimate of drug-likeness (QED) is 0.724. The molecule has 2 atom stereocenters. The van der Waals surface area contributed by atoms with E-state index < -0.39 is 10.0 Å². The highest BCUT2D eigenvalue weighted by molar-refractivity contribution is 7.89. The van der Waals surface area contributed by atoms with Gasteiger partial charge >= 0.3 is 0 Å². The molecular formula is C11H22ClNO3S. The summed E-state index contributed by atoms with van der Waals surface area (Å²) >= 11 is 5.98. The topological polar surface area (TPSA) is 55.4 Å². The van der Waals surface area contributed by atoms with Crippen molar-refractivity contribution in [2.45, 2.75) is 44.6 Å². The Morgan fingerprint density at radius 1 is 1.41 bits per heavy atom. The zero-order valence-corrected chi connectivity index (χ0v) is 12.1. The molecule has 0 aromatic carbocycles. The summed E-state index contributed by atoms with van der Waals surface area (Å²) in [6.45, 7) is 4.53. The normalized spacial score (nSPS) is 25.6. The van der Waals surface area contributed by atoms with E-state index in [2.05, 4.69) is 4.72 Å². The van der Waals surface area contributed by atoms with Gasteiger partial charge in [-0.3, -0.25) is 0 Å². The standard InChI is InChI=1S/C11H22ClNO3S/c1-9(2)16-5-6-17(14,15)13-8-10-3-4-11(12)7-10/h9-11,13H,3-8H2,1-2H3. The summed E-state index contributed by atoms with van der Waals surface area (Å²) in [5.74, 6) is 0.417. The third kappa shape index (κ3) is 6.60. The summed E-state index contributed by atoms with van der Waals surface area (Å²) in [6.07, 6.45) is 2.98. The molecule has 0 saturated heterocycles. The van der Waals surface area contributed by atoms with Crippen molar-refractivity contribution in [3.05, 3.63) is 0 Å². The van der Waals surface area contributed by atoms with Crippen LogP contribution in [0.5, 0.6) is 0 Å². The SMILES string of the molecule is CC(C)OCCS(=O)(=O)NCC1CCC(Cl)C1. The maximum atomic E-state index is 11.6. The van der Waals surface area contributed by atoms with Gasteiger partial charge in [0.2, 0.25) is 10.0 Å². The second-order valence-corrected chi connectivity index (χ2v) is 7.41. The van der Waals surface area contributed by atoms with E-state index in [0.717, 1.165) is 19.3 Å². The van der Waals surface area contributed by atoms with Crippen LogP contribution in [0, 0.1) is 5.92 Å². The molecule has 1 fully saturated rings. The summed E-state index contributed by atoms with van der Waals surface area (Å²) in [5, 5.41) is 0.216. The first kappa shape index (κ1) is 15.2. The van der Waals surface area contributed by atoms with Crippen molar-refractivity contribution in [3.8, 4) is 0 Å². The van der Waals surface area contributed by atoms with Gasteiger partial charge < -0.3 is 4.74 Å². The third-order valence-electron chi connectivity index (χ3n) is 2.87. The van der Waals surface area contributed by atoms with Gasteiger partial charge in [0.25, 0.3) is 0 Å². The van der Waals surface area contributed by atoms with Crippen LogP contribution in [-0.2, 0) is 14.8 Å². The molecule has 2 unspecified atom stereocenters. The van der Waals surface area contributed by atoms with Crippen LogP contribution in [0.4, 0.5) is 0 Å². The average Bonchev–Trinajstić information content (AvgIpc) is 2.61. The summed E-state index contributed by atoms with van der Waals surface area (Å²) < 4.78 is 31.1. The minimum atomic E-state index is -3.20. The molecule has 0 spiro atoms. The monoisotopic (exact) mass is 283 g/mol. The number of ether oxygens (including phenoxy) is 1. The molecule has 6 heteroatoms. The molecule has 102 valence electrons. The summed E-state index contributed by atoms with van der Waals surface area (Å²) in [4.78, 5) is 0. The molecule has 0 heterocycles. The van der Waals surface area contributed by atoms with Crippen molar-refractivity contribution in [2.75, 3.05) is 18.9 Å². The maximum Gasteiger partial charge on any atom is 0.213 e. The molecule has 0 bridgehead atoms. The Morgan fingerprint density at radius 2 is 2.12 bits per heavy atom. The van der Waals surface area contributed by atoms with Crippen LogP contribution in [0.1, 0.15) is 33.1 Å². The molecule has 0 amide bonds. The lowest BCUT2D eigenvalue weighted by Gasteiger charge is -2.12. The van der Waals surface area contributed by atoms with Crippen molar-refractivity contribution < 1.29 is 13.2 Å². The van der Waals surface area contributed by atoms with Gasteiger partial charge in [0.15, 0.2) is 0 Å². The number of rotatable bonds is 7. The second-order valence-electron chi connectivity index (χ2n) is 4.86. The van der Waals surface area contributed by atoms with E-state index in [9.17, 15) is 8.42 Å². The van der Waals surface area contributed by atoms with Crippen LogP contribution >= 0.6 is 11.6 Å². The van der Waals surface area contributed by atoms with Crippen LogP contribution in [0.25, 0.3) is 0 Å². The van der Waals surface area contributed by atoms with Crippen LogP contribution < -0.4 is 4.72 Å². The van der Waals surface area contributed by atoms with E-state index in [1.165, 1.54) is 0 Å². The van der Waals surface area contributed by atoms with Crippen LogP contribution in [0.2, 0.25) is 0 Å². The van der Waals surface area contributed by atoms with Crippen molar-refractivity contribution in [3.63, 3.8) is 0 Å². The smallest absolute Gasteiger partial charge is 0.213 e. The highest BCUT2D eigenvalue weighted by Crippen LogP contribution is 2.28. The number of nitrogens with one attached hydrogen (secondary N) is 1. The first-order valence-corrected chi connectivity index (χ1v) is 8.21. The molecule has 0 aliphatic heterocycles. The molecule has 0 radical (unpaired) electrons. The van der Waals surface area contributed by atoms with E-state index in [4.69, 9.17) is 16.3 Å². The first-order valence-electron chi connectivity index (χ1n) is 6.12. The fraction of sp³-hybridized carbons (Fsp3) is 1.00. The van der Waals surface area contributed by atoms with E-state index >= 15 is 0 Å². The number of hydrogen-bond acceptors (Lipinski definition) is 3. The fourth-order valence-electron chi connectivity index (χ4n) is 1.91. The molecule has 1 aliphatic carbocycles. The van der Waals surface area contributed by atoms with Crippen molar-refractivity contribution in [2.24, 2.45) is 5.92 Å². The molecule has 1 rings (SSSR count). The highest BCUT2D eigenvalue weighted by atomic mass is 35.5. The van der Waals surface area contributed by atoms with Crippen LogP contribution in [-0.4, -0.2) is 38.8 Å². The van der Waals surface area contributed by atoms with Crippen molar-refractivity contribution in [1.82, 2.24) is 4.72 Å². The van der Waals surface area contributed by atoms with Gasteiger partial charge in [-0.2, -0.15) is 0 Å². The average molecular weight is 284 g/mol. The molecular weight excluding hydrogens is 262 g/mol. The lowest BCUT2D eigenvalue weighted by atomic mass is 10.1. The van der Waals surface area contributed by atoms with Gasteiger partial charge in [-0.05, 0) is 39.0 Å². The predicted molar refractivity (Wildman–Crippen MR) is 69.9 cm³/mol. The van der Waals surface area contributed by atoms with Crippen molar-refractivity contribution >= 4 is 21.6 Å². The van der Waals surface area contributed by atoms with Gasteiger partial charge in [0, 0.05) is 11.9 Å². The Balaban J connectivity index is 2.20. The molecule has 1 aliphatic rings. The van der Waals surface area contributed by atoms with Gasteiger partial charge in [-0.25, -0.2) is 13.1 Å². The summed E-state index contributed by atoms with van der Waals surface area (Å²) in [7, 11) is -3.20. The van der Waals surface area contributed by atoms with Gasteiger partial charge in [0.1, 0.15) is 0 Å². The summed E-state index contributed by atoms with van der Waals surface area (Å²) in [5.41, 5.74) is 0. The minimum absolute atomic E-state index is 0.0300. The Morgan fingerprint density at radius 3 is 2.65 bits per heavy atom. The number of hydrogen-bond donors (Lipinski definition) is 1. The second kappa shape index (κ2) is 6.92. The zero-order valence-electron chi connectivity index (χ0n) is 10.5. The Kier molecular flexibility index (Phi) is 6.20. The molecule has 0 aromatic heterocycles. The van der Waals surface area contributed by atoms with Crippen molar-refractivity contribution in [1.29, 1.82) is 0 Å². The zero-order chi connectivity index (χ0) is 12.9. The molecule has 4 nitrogen and oxygen atoms in total. The van der Waals surface area contributed by atoms with Gasteiger partial charge in [0.05, 0.1) is 18.5 Å². The first-order chi connectivity index (χ1) is 7.89. The third-order valence-corrected chi connectivity index (χ3v) is 4.58. The van der Waals surface area contributed by atoms with Gasteiger partial charge in [-0.15, -0.1) is 11.6 Å². The van der Waals surface area contributed by atoms with Crippen LogP contribution in [0.3, 0.4) is 0 Å². The highest BCUT2D eigenvalue weighted by Gasteiger charge is 2.24. The molecule has 1 saturated carbocycles. The number of alkyl halides is 1. The number of halogens is 1. The number of sulfonamides is 1. The maximum absolute atomic E-state index is 11.6. The van der Waals surface area contributed by atoms with Gasteiger partial charge in [-0.1, -0.05) is 0 Å². The summed E-state index contributed by atoms with van der Waals surface area (Å²) in [6, 6.07) is 0. The minimum Gasteiger partial charge on any atom is -0.378 e. The fourth-order valence-corrected chi connectivity index (χ4v) is 3.24. The molecule has 17 heavy (non-hydrogen) atoms. The molecule has 1 N–H and O–H groups in total. The Bertz CT molecular complexity index is 319.